The Morgan fingerprint density at radius 1 is 1.35 bits per heavy atom. The Balaban J connectivity index is 2.21. The predicted octanol–water partition coefficient (Wildman–Crippen LogP) is 1.45. The molecule has 2 rings (SSSR count). The molecular formula is C14H16F2N2O2. The van der Waals surface area contributed by atoms with Crippen LogP contribution in [0.15, 0.2) is 18.2 Å². The Labute approximate surface area is 115 Å². The molecule has 1 unspecified atom stereocenters. The molecule has 0 aromatic heterocycles. The lowest BCUT2D eigenvalue weighted by Gasteiger charge is -2.34. The first-order valence-electron chi connectivity index (χ1n) is 6.40. The minimum absolute atomic E-state index is 0.0633. The van der Waals surface area contributed by atoms with E-state index in [0.29, 0.717) is 0 Å². The van der Waals surface area contributed by atoms with Crippen LogP contribution in [-0.2, 0) is 16.1 Å². The van der Waals surface area contributed by atoms with Crippen LogP contribution in [0.3, 0.4) is 0 Å². The molecular weight excluding hydrogens is 266 g/mol. The summed E-state index contributed by atoms with van der Waals surface area (Å²) in [5.74, 6) is -1.79. The van der Waals surface area contributed by atoms with E-state index in [0.717, 1.165) is 18.2 Å². The van der Waals surface area contributed by atoms with Crippen LogP contribution in [0.1, 0.15) is 19.4 Å². The van der Waals surface area contributed by atoms with E-state index in [1.165, 1.54) is 4.90 Å². The highest BCUT2D eigenvalue weighted by molar-refractivity contribution is 5.94. The summed E-state index contributed by atoms with van der Waals surface area (Å²) in [4.78, 5) is 25.1. The first-order chi connectivity index (χ1) is 9.38. The summed E-state index contributed by atoms with van der Waals surface area (Å²) in [7, 11) is 0. The molecule has 1 atom stereocenters. The molecule has 1 aliphatic heterocycles. The van der Waals surface area contributed by atoms with Gasteiger partial charge in [-0.1, -0.05) is 13.8 Å². The van der Waals surface area contributed by atoms with Crippen molar-refractivity contribution in [3.63, 3.8) is 0 Å². The third-order valence-electron chi connectivity index (χ3n) is 3.26. The Hall–Kier alpha value is -1.98. The van der Waals surface area contributed by atoms with Crippen molar-refractivity contribution in [2.24, 2.45) is 5.92 Å². The maximum absolute atomic E-state index is 13.6. The molecule has 0 bridgehead atoms. The molecule has 0 aliphatic carbocycles. The molecule has 1 aliphatic rings. The van der Waals surface area contributed by atoms with Crippen molar-refractivity contribution >= 4 is 11.8 Å². The third-order valence-corrected chi connectivity index (χ3v) is 3.26. The van der Waals surface area contributed by atoms with Crippen LogP contribution < -0.4 is 5.32 Å². The Morgan fingerprint density at radius 2 is 2.05 bits per heavy atom. The number of halogens is 2. The monoisotopic (exact) mass is 282 g/mol. The number of amides is 2. The highest BCUT2D eigenvalue weighted by atomic mass is 19.1. The highest BCUT2D eigenvalue weighted by Crippen LogP contribution is 2.16. The normalized spacial score (nSPS) is 19.4. The van der Waals surface area contributed by atoms with Gasteiger partial charge in [-0.2, -0.15) is 0 Å². The Kier molecular flexibility index (Phi) is 4.01. The first kappa shape index (κ1) is 14.4. The molecule has 108 valence electrons. The van der Waals surface area contributed by atoms with E-state index in [1.807, 2.05) is 13.8 Å². The lowest BCUT2D eigenvalue weighted by Crippen LogP contribution is -2.59. The van der Waals surface area contributed by atoms with E-state index in [1.54, 1.807) is 0 Å². The summed E-state index contributed by atoms with van der Waals surface area (Å²) in [6, 6.07) is 2.45. The number of hydrogen-bond donors (Lipinski definition) is 1. The van der Waals surface area contributed by atoms with Gasteiger partial charge in [0.2, 0.25) is 11.8 Å². The molecule has 20 heavy (non-hydrogen) atoms. The smallest absolute Gasteiger partial charge is 0.246 e. The lowest BCUT2D eigenvalue weighted by molar-refractivity contribution is -0.146. The highest BCUT2D eigenvalue weighted by Gasteiger charge is 2.34. The van der Waals surface area contributed by atoms with E-state index < -0.39 is 17.7 Å². The van der Waals surface area contributed by atoms with Crippen LogP contribution in [0.5, 0.6) is 0 Å². The fraction of sp³-hybridized carbons (Fsp3) is 0.429. The van der Waals surface area contributed by atoms with Crippen molar-refractivity contribution in [1.29, 1.82) is 0 Å². The zero-order valence-corrected chi connectivity index (χ0v) is 11.3. The van der Waals surface area contributed by atoms with Crippen LogP contribution in [0.25, 0.3) is 0 Å². The fourth-order valence-corrected chi connectivity index (χ4v) is 2.18. The number of piperazine rings is 1. The van der Waals surface area contributed by atoms with Gasteiger partial charge in [0.15, 0.2) is 0 Å². The predicted molar refractivity (Wildman–Crippen MR) is 68.5 cm³/mol. The average molecular weight is 282 g/mol. The molecule has 1 aromatic rings. The van der Waals surface area contributed by atoms with E-state index in [-0.39, 0.29) is 36.4 Å². The molecule has 0 spiro atoms. The van der Waals surface area contributed by atoms with E-state index in [2.05, 4.69) is 5.32 Å². The van der Waals surface area contributed by atoms with Crippen molar-refractivity contribution in [1.82, 2.24) is 10.2 Å². The van der Waals surface area contributed by atoms with Crippen molar-refractivity contribution in [2.45, 2.75) is 26.4 Å². The number of benzene rings is 1. The van der Waals surface area contributed by atoms with Gasteiger partial charge >= 0.3 is 0 Å². The molecule has 1 N–H and O–H groups in total. The summed E-state index contributed by atoms with van der Waals surface area (Å²) in [5.41, 5.74) is 0.0653. The van der Waals surface area contributed by atoms with Crippen LogP contribution in [0, 0.1) is 17.6 Å². The van der Waals surface area contributed by atoms with Gasteiger partial charge in [-0.05, 0) is 24.1 Å². The lowest BCUT2D eigenvalue weighted by atomic mass is 10.0. The van der Waals surface area contributed by atoms with Crippen LogP contribution in [0.4, 0.5) is 8.78 Å². The molecule has 4 nitrogen and oxygen atoms in total. The van der Waals surface area contributed by atoms with Gasteiger partial charge in [-0.15, -0.1) is 0 Å². The van der Waals surface area contributed by atoms with E-state index >= 15 is 0 Å². The molecule has 2 amide bonds. The Bertz CT molecular complexity index is 546. The standard InChI is InChI=1S/C14H16F2N2O2/c1-8(2)13-14(20)18(7-12(19)17-13)6-9-5-10(15)3-4-11(9)16/h3-5,8,13H,6-7H2,1-2H3,(H,17,19). The SMILES string of the molecule is CC(C)C1NC(=O)CN(Cc2cc(F)ccc2F)C1=O. The second kappa shape index (κ2) is 5.56. The molecule has 1 aromatic carbocycles. The van der Waals surface area contributed by atoms with Crippen molar-refractivity contribution in [3.8, 4) is 0 Å². The maximum atomic E-state index is 13.6. The van der Waals surface area contributed by atoms with Gasteiger partial charge in [0.05, 0.1) is 6.54 Å². The molecule has 1 saturated heterocycles. The zero-order valence-electron chi connectivity index (χ0n) is 11.3. The van der Waals surface area contributed by atoms with Crippen LogP contribution in [0.2, 0.25) is 0 Å². The molecule has 0 saturated carbocycles. The topological polar surface area (TPSA) is 49.4 Å². The zero-order chi connectivity index (χ0) is 14.9. The summed E-state index contributed by atoms with van der Waals surface area (Å²) in [5, 5.41) is 2.61. The average Bonchev–Trinajstić information content (AvgIpc) is 2.37. The van der Waals surface area contributed by atoms with Crippen LogP contribution >= 0.6 is 0 Å². The number of nitrogens with one attached hydrogen (secondary N) is 1. The van der Waals surface area contributed by atoms with Gasteiger partial charge in [0.25, 0.3) is 0 Å². The summed E-state index contributed by atoms with van der Waals surface area (Å²) >= 11 is 0. The summed E-state index contributed by atoms with van der Waals surface area (Å²) in [6.45, 7) is 3.38. The largest absolute Gasteiger partial charge is 0.343 e. The van der Waals surface area contributed by atoms with Gasteiger partial charge in [-0.25, -0.2) is 8.78 Å². The van der Waals surface area contributed by atoms with Crippen molar-refractivity contribution < 1.29 is 18.4 Å². The minimum Gasteiger partial charge on any atom is -0.343 e. The Morgan fingerprint density at radius 3 is 2.70 bits per heavy atom. The van der Waals surface area contributed by atoms with E-state index in [4.69, 9.17) is 0 Å². The van der Waals surface area contributed by atoms with Gasteiger partial charge in [0.1, 0.15) is 17.7 Å². The molecule has 6 heteroatoms. The van der Waals surface area contributed by atoms with Crippen LogP contribution in [-0.4, -0.2) is 29.3 Å². The van der Waals surface area contributed by atoms with E-state index in [9.17, 15) is 18.4 Å². The number of hydrogen-bond acceptors (Lipinski definition) is 2. The van der Waals surface area contributed by atoms with Gasteiger partial charge < -0.3 is 10.2 Å². The van der Waals surface area contributed by atoms with Gasteiger partial charge in [0, 0.05) is 12.1 Å². The summed E-state index contributed by atoms with van der Waals surface area (Å²) < 4.78 is 26.7. The van der Waals surface area contributed by atoms with Crippen molar-refractivity contribution in [2.75, 3.05) is 6.54 Å². The second-order valence-electron chi connectivity index (χ2n) is 5.22. The van der Waals surface area contributed by atoms with Gasteiger partial charge in [-0.3, -0.25) is 9.59 Å². The minimum atomic E-state index is -0.618. The summed E-state index contributed by atoms with van der Waals surface area (Å²) in [6.07, 6.45) is 0. The molecule has 1 heterocycles. The molecule has 1 fully saturated rings. The fourth-order valence-electron chi connectivity index (χ4n) is 2.18. The third kappa shape index (κ3) is 2.95. The number of carbonyl (C=O) groups excluding carboxylic acids is 2. The number of carbonyl (C=O) groups is 2. The van der Waals surface area contributed by atoms with Crippen molar-refractivity contribution in [3.05, 3.63) is 35.4 Å². The number of nitrogens with zero attached hydrogens (tertiary/aromatic N) is 1. The molecule has 0 radical (unpaired) electrons. The second-order valence-corrected chi connectivity index (χ2v) is 5.22. The maximum Gasteiger partial charge on any atom is 0.246 e. The first-order valence-corrected chi connectivity index (χ1v) is 6.40. The quantitative estimate of drug-likeness (QED) is 0.912. The number of rotatable bonds is 3.